The third-order valence-electron chi connectivity index (χ3n) is 2.05. The Morgan fingerprint density at radius 3 is 2.33 bits per heavy atom. The number of nitrogens with two attached hydrogens (primary N) is 1. The molecule has 74 valence electrons. The maximum Gasteiger partial charge on any atom is 0.00222 e. The van der Waals surface area contributed by atoms with E-state index in [-0.39, 0.29) is 10.7 Å². The molecule has 0 heterocycles. The molecule has 0 bridgehead atoms. The van der Waals surface area contributed by atoms with E-state index < -0.39 is 0 Å². The van der Waals surface area contributed by atoms with Crippen molar-refractivity contribution >= 4 is 16.0 Å². The van der Waals surface area contributed by atoms with Crippen LogP contribution in [0.15, 0.2) is 0 Å². The molecule has 0 saturated heterocycles. The van der Waals surface area contributed by atoms with Crippen molar-refractivity contribution < 1.29 is 0 Å². The van der Waals surface area contributed by atoms with Gasteiger partial charge >= 0.3 is 0 Å². The first-order chi connectivity index (χ1) is 5.74. The Balaban J connectivity index is 3.41. The van der Waals surface area contributed by atoms with E-state index in [1.54, 1.807) is 0 Å². The van der Waals surface area contributed by atoms with E-state index in [0.717, 1.165) is 18.8 Å². The molecule has 2 nitrogen and oxygen atoms in total. The highest BCUT2D eigenvalue weighted by Crippen LogP contribution is 2.02. The summed E-state index contributed by atoms with van der Waals surface area (Å²) in [5.41, 5.74) is 0. The van der Waals surface area contributed by atoms with Crippen molar-refractivity contribution in [3.8, 4) is 0 Å². The number of hydrogen-bond acceptors (Lipinski definition) is 2. The van der Waals surface area contributed by atoms with Crippen molar-refractivity contribution in [2.24, 2.45) is 5.14 Å². The first-order valence-electron chi connectivity index (χ1n) is 4.70. The van der Waals surface area contributed by atoms with Gasteiger partial charge in [-0.15, -0.1) is 10.7 Å². The minimum atomic E-state index is 0.0510. The van der Waals surface area contributed by atoms with Gasteiger partial charge in [-0.2, -0.15) is 0 Å². The van der Waals surface area contributed by atoms with Crippen LogP contribution in [0, 0.1) is 0 Å². The highest BCUT2D eigenvalue weighted by molar-refractivity contribution is 8.12. The fraction of sp³-hybridized carbons (Fsp3) is 0.889. The second-order valence-corrected chi connectivity index (χ2v) is 4.61. The van der Waals surface area contributed by atoms with E-state index in [0.29, 0.717) is 0 Å². The molecular weight excluding hydrogens is 168 g/mol. The summed E-state index contributed by atoms with van der Waals surface area (Å²) in [5.74, 6) is 1.15. The van der Waals surface area contributed by atoms with Crippen molar-refractivity contribution in [1.29, 1.82) is 0 Å². The monoisotopic (exact) mass is 190 g/mol. The van der Waals surface area contributed by atoms with Crippen LogP contribution in [-0.4, -0.2) is 35.7 Å². The quantitative estimate of drug-likeness (QED) is 0.646. The third-order valence-corrected chi connectivity index (χ3v) is 3.42. The van der Waals surface area contributed by atoms with Gasteiger partial charge in [0.2, 0.25) is 0 Å². The lowest BCUT2D eigenvalue weighted by Gasteiger charge is -2.17. The van der Waals surface area contributed by atoms with Crippen molar-refractivity contribution in [3.63, 3.8) is 0 Å². The van der Waals surface area contributed by atoms with Crippen molar-refractivity contribution in [1.82, 2.24) is 4.90 Å². The van der Waals surface area contributed by atoms with Gasteiger partial charge in [-0.3, -0.25) is 5.14 Å². The van der Waals surface area contributed by atoms with Crippen molar-refractivity contribution in [3.05, 3.63) is 0 Å². The summed E-state index contributed by atoms with van der Waals surface area (Å²) in [7, 11) is 0.0510. The van der Waals surface area contributed by atoms with Crippen molar-refractivity contribution in [2.45, 2.75) is 27.2 Å². The molecule has 1 unspecified atom stereocenters. The Morgan fingerprint density at radius 2 is 1.92 bits per heavy atom. The average molecular weight is 190 g/mol. The molecule has 3 heteroatoms. The fourth-order valence-corrected chi connectivity index (χ4v) is 1.81. The molecule has 12 heavy (non-hydrogen) atoms. The van der Waals surface area contributed by atoms with Gasteiger partial charge < -0.3 is 4.90 Å². The van der Waals surface area contributed by atoms with Crippen LogP contribution in [0.4, 0.5) is 0 Å². The molecule has 0 rings (SSSR count). The Kier molecular flexibility index (Phi) is 7.86. The maximum absolute atomic E-state index is 5.80. The molecule has 0 spiro atoms. The zero-order valence-electron chi connectivity index (χ0n) is 8.55. The molecule has 0 fully saturated rings. The molecule has 0 aromatic heterocycles. The van der Waals surface area contributed by atoms with Gasteiger partial charge in [-0.05, 0) is 33.0 Å². The molecule has 0 aromatic rings. The summed E-state index contributed by atoms with van der Waals surface area (Å²) < 4.78 is 0. The second-order valence-electron chi connectivity index (χ2n) is 2.79. The molecule has 0 amide bonds. The number of rotatable bonds is 6. The lowest BCUT2D eigenvalue weighted by Crippen LogP contribution is -2.24. The van der Waals surface area contributed by atoms with Gasteiger partial charge in [0.25, 0.3) is 0 Å². The second kappa shape index (κ2) is 7.77. The molecule has 0 aliphatic heterocycles. The van der Waals surface area contributed by atoms with E-state index >= 15 is 0 Å². The Bertz CT molecular complexity index is 130. The van der Waals surface area contributed by atoms with Crippen LogP contribution in [0.25, 0.3) is 0 Å². The van der Waals surface area contributed by atoms with Crippen LogP contribution in [0.1, 0.15) is 27.2 Å². The van der Waals surface area contributed by atoms with Crippen LogP contribution in [0.3, 0.4) is 0 Å². The van der Waals surface area contributed by atoms with Gasteiger partial charge in [-0.1, -0.05) is 19.2 Å². The predicted octanol–water partition coefficient (Wildman–Crippen LogP) is 1.68. The van der Waals surface area contributed by atoms with Gasteiger partial charge in [0.05, 0.1) is 0 Å². The number of hydrogen-bond donors (Lipinski definition) is 1. The summed E-state index contributed by atoms with van der Waals surface area (Å²) in [6.45, 7) is 9.97. The predicted molar refractivity (Wildman–Crippen MR) is 60.8 cm³/mol. The molecule has 0 saturated carbocycles. The summed E-state index contributed by atoms with van der Waals surface area (Å²) in [6.07, 6.45) is 1.23. The van der Waals surface area contributed by atoms with Crippen LogP contribution >= 0.6 is 10.7 Å². The lowest BCUT2D eigenvalue weighted by atomic mass is 10.4. The summed E-state index contributed by atoms with van der Waals surface area (Å²) in [6, 6.07) is 0. The Labute approximate surface area is 79.2 Å². The topological polar surface area (TPSA) is 29.3 Å². The summed E-state index contributed by atoms with van der Waals surface area (Å²) in [5, 5.41) is 7.90. The molecule has 0 aliphatic rings. The first kappa shape index (κ1) is 12.1. The third kappa shape index (κ3) is 5.75. The largest absolute Gasteiger partial charge is 0.304 e. The molecular formula is C9H22N2S. The van der Waals surface area contributed by atoms with Crippen LogP contribution in [0.2, 0.25) is 0 Å². The highest BCUT2D eigenvalue weighted by atomic mass is 32.2. The molecule has 0 aromatic carbocycles. The minimum absolute atomic E-state index is 0.0510. The van der Waals surface area contributed by atoms with Crippen molar-refractivity contribution in [2.75, 3.05) is 25.4 Å². The minimum Gasteiger partial charge on any atom is -0.304 e. The van der Waals surface area contributed by atoms with Crippen LogP contribution < -0.4 is 5.14 Å². The first-order valence-corrected chi connectivity index (χ1v) is 6.22. The molecule has 1 atom stereocenters. The van der Waals surface area contributed by atoms with Gasteiger partial charge in [0.1, 0.15) is 0 Å². The standard InChI is InChI=1S/C9H22N2S/c1-4-11(5-2)8-7-9-12(10)6-3/h6H,4-5,7-10H2,1-3H3. The average Bonchev–Trinajstić information content (AvgIpc) is 2.12. The van der Waals surface area contributed by atoms with Gasteiger partial charge in [0.15, 0.2) is 0 Å². The maximum atomic E-state index is 5.80. The summed E-state index contributed by atoms with van der Waals surface area (Å²) in [4.78, 5) is 2.44. The Hall–Kier alpha value is 0.140. The zero-order valence-corrected chi connectivity index (χ0v) is 9.36. The van der Waals surface area contributed by atoms with Gasteiger partial charge in [-0.25, -0.2) is 0 Å². The molecule has 2 N–H and O–H groups in total. The summed E-state index contributed by atoms with van der Waals surface area (Å²) >= 11 is 0. The van der Waals surface area contributed by atoms with Crippen LogP contribution in [-0.2, 0) is 0 Å². The molecule has 0 radical (unpaired) electrons. The zero-order chi connectivity index (χ0) is 9.40. The Morgan fingerprint density at radius 1 is 1.33 bits per heavy atom. The van der Waals surface area contributed by atoms with Crippen LogP contribution in [0.5, 0.6) is 0 Å². The van der Waals surface area contributed by atoms with Gasteiger partial charge in [0, 0.05) is 5.75 Å². The van der Waals surface area contributed by atoms with E-state index in [1.807, 2.05) is 6.92 Å². The van der Waals surface area contributed by atoms with E-state index in [1.165, 1.54) is 13.0 Å². The molecule has 0 aliphatic carbocycles. The normalized spacial score (nSPS) is 14.1. The van der Waals surface area contributed by atoms with E-state index in [9.17, 15) is 0 Å². The fourth-order valence-electron chi connectivity index (χ4n) is 1.11. The van der Waals surface area contributed by atoms with E-state index in [4.69, 9.17) is 5.14 Å². The number of nitrogens with zero attached hydrogens (tertiary/aromatic N) is 1. The SMILES string of the molecule is C/C=S(\N)CCCN(CC)CC. The lowest BCUT2D eigenvalue weighted by molar-refractivity contribution is 0.305. The smallest absolute Gasteiger partial charge is 0.00222 e. The van der Waals surface area contributed by atoms with E-state index in [2.05, 4.69) is 24.1 Å². The highest BCUT2D eigenvalue weighted by Gasteiger charge is 1.97.